The molecule has 0 aliphatic carbocycles. The maximum absolute atomic E-state index is 11.0. The van der Waals surface area contributed by atoms with Gasteiger partial charge < -0.3 is 105 Å². The predicted molar refractivity (Wildman–Crippen MR) is 134 cm³/mol. The van der Waals surface area contributed by atoms with Crippen LogP contribution in [-0.2, 0) is 33.2 Å². The average Bonchev–Trinajstić information content (AvgIpc) is 3.03. The number of ether oxygens (including phenoxy) is 7. The van der Waals surface area contributed by atoms with Crippen molar-refractivity contribution in [3.05, 3.63) is 0 Å². The molecule has 4 aliphatic rings. The maximum atomic E-state index is 11.0. The van der Waals surface area contributed by atoms with Crippen LogP contribution in [0.25, 0.3) is 0 Å². The third kappa shape index (κ3) is 7.44. The molecule has 0 aromatic carbocycles. The lowest BCUT2D eigenvalue weighted by molar-refractivity contribution is -0.388. The molecule has 4 rings (SSSR count). The molecule has 20 unspecified atom stereocenters. The van der Waals surface area contributed by atoms with Gasteiger partial charge in [0.2, 0.25) is 0 Å². The van der Waals surface area contributed by atoms with Gasteiger partial charge in [-0.05, 0) is 0 Å². The van der Waals surface area contributed by atoms with E-state index in [-0.39, 0.29) is 0 Å². The minimum absolute atomic E-state index is 0.790. The van der Waals surface area contributed by atoms with Gasteiger partial charge in [0.05, 0.1) is 26.4 Å². The van der Waals surface area contributed by atoms with E-state index in [9.17, 15) is 71.5 Å². The van der Waals surface area contributed by atoms with Gasteiger partial charge >= 0.3 is 0 Å². The summed E-state index contributed by atoms with van der Waals surface area (Å²) < 4.78 is 37.7. The van der Waals surface area contributed by atoms with Gasteiger partial charge in [0, 0.05) is 0 Å². The van der Waals surface area contributed by atoms with Crippen LogP contribution in [0.15, 0.2) is 0 Å². The van der Waals surface area contributed by atoms with Gasteiger partial charge in [-0.3, -0.25) is 0 Å². The number of aliphatic hydroxyl groups excluding tert-OH is 14. The van der Waals surface area contributed by atoms with E-state index in [1.807, 2.05) is 0 Å². The lowest BCUT2D eigenvalue weighted by Gasteiger charge is -2.49. The highest BCUT2D eigenvalue weighted by molar-refractivity contribution is 4.97. The molecule has 20 atom stereocenters. The summed E-state index contributed by atoms with van der Waals surface area (Å²) in [7, 11) is 0. The van der Waals surface area contributed by atoms with Crippen molar-refractivity contribution >= 4 is 0 Å². The van der Waals surface area contributed by atoms with Crippen molar-refractivity contribution in [2.24, 2.45) is 0 Å². The van der Waals surface area contributed by atoms with Crippen molar-refractivity contribution in [2.75, 3.05) is 26.4 Å². The predicted octanol–water partition coefficient (Wildman–Crippen LogP) is -9.75. The van der Waals surface area contributed by atoms with Crippen LogP contribution in [0.5, 0.6) is 0 Å². The topological polar surface area (TPSA) is 348 Å². The fourth-order valence-corrected chi connectivity index (χ4v) is 5.54. The SMILES string of the molecule is OCC1OC(OC2C(CO)OC(OC3C(O)C(CO)OC(OC4C(CO)OC(O)C(O)C4O)C3O)C(O)C2O)C(O)C(O)C1O. The first-order chi connectivity index (χ1) is 21.3. The lowest BCUT2D eigenvalue weighted by Crippen LogP contribution is -2.67. The molecule has 0 saturated carbocycles. The summed E-state index contributed by atoms with van der Waals surface area (Å²) in [6.07, 6.45) is -35.6. The lowest BCUT2D eigenvalue weighted by atomic mass is 9.95. The average molecular weight is 667 g/mol. The Bertz CT molecular complexity index is 912. The van der Waals surface area contributed by atoms with E-state index >= 15 is 0 Å². The second-order valence-corrected chi connectivity index (χ2v) is 11.1. The van der Waals surface area contributed by atoms with Crippen molar-refractivity contribution in [1.82, 2.24) is 0 Å². The third-order valence-corrected chi connectivity index (χ3v) is 8.20. The van der Waals surface area contributed by atoms with Crippen LogP contribution in [0.2, 0.25) is 0 Å². The van der Waals surface area contributed by atoms with Crippen molar-refractivity contribution in [3.8, 4) is 0 Å². The minimum atomic E-state index is -2.05. The van der Waals surface area contributed by atoms with Crippen LogP contribution >= 0.6 is 0 Å². The molecule has 0 aromatic heterocycles. The van der Waals surface area contributed by atoms with Crippen LogP contribution in [0.4, 0.5) is 0 Å². The second-order valence-electron chi connectivity index (χ2n) is 11.1. The zero-order valence-electron chi connectivity index (χ0n) is 23.5. The van der Waals surface area contributed by atoms with Crippen molar-refractivity contribution in [1.29, 1.82) is 0 Å². The molecule has 0 bridgehead atoms. The van der Waals surface area contributed by atoms with Crippen LogP contribution < -0.4 is 0 Å². The Morgan fingerprint density at radius 1 is 0.333 bits per heavy atom. The third-order valence-electron chi connectivity index (χ3n) is 8.20. The zero-order valence-corrected chi connectivity index (χ0v) is 23.5. The Labute approximate surface area is 254 Å². The molecular weight excluding hydrogens is 624 g/mol. The minimum Gasteiger partial charge on any atom is -0.394 e. The molecular formula is C24H42O21. The first kappa shape index (κ1) is 37.0. The van der Waals surface area contributed by atoms with Crippen LogP contribution in [-0.4, -0.2) is 221 Å². The molecule has 4 aliphatic heterocycles. The molecule has 0 amide bonds. The van der Waals surface area contributed by atoms with Crippen LogP contribution in [0, 0.1) is 0 Å². The van der Waals surface area contributed by atoms with E-state index in [4.69, 9.17) is 33.2 Å². The summed E-state index contributed by atoms with van der Waals surface area (Å²) >= 11 is 0. The van der Waals surface area contributed by atoms with Gasteiger partial charge in [-0.2, -0.15) is 0 Å². The number of aliphatic hydroxyl groups is 14. The molecule has 0 radical (unpaired) electrons. The van der Waals surface area contributed by atoms with Crippen LogP contribution in [0.1, 0.15) is 0 Å². The standard InChI is InChI=1S/C24H42O21/c25-1-5-9(29)11(31)15(35)22(40-5)43-19-8(4-28)42-23(16(36)13(19)33)45-20-10(30)6(2-26)41-24(17(20)37)44-18-7(3-27)39-21(38)14(34)12(18)32/h5-38H,1-4H2. The Morgan fingerprint density at radius 3 is 1.22 bits per heavy atom. The van der Waals surface area contributed by atoms with E-state index in [1.54, 1.807) is 0 Å². The van der Waals surface area contributed by atoms with Gasteiger partial charge in [0.25, 0.3) is 0 Å². The number of rotatable bonds is 10. The quantitative estimate of drug-likeness (QED) is 0.103. The van der Waals surface area contributed by atoms with Gasteiger partial charge in [0.1, 0.15) is 97.7 Å². The molecule has 0 spiro atoms. The molecule has 21 heteroatoms. The zero-order chi connectivity index (χ0) is 33.3. The maximum Gasteiger partial charge on any atom is 0.187 e. The van der Waals surface area contributed by atoms with Gasteiger partial charge in [-0.25, -0.2) is 0 Å². The summed E-state index contributed by atoms with van der Waals surface area (Å²) in [6, 6.07) is 0. The largest absolute Gasteiger partial charge is 0.394 e. The van der Waals surface area contributed by atoms with E-state index in [0.29, 0.717) is 0 Å². The van der Waals surface area contributed by atoms with Gasteiger partial charge in [-0.15, -0.1) is 0 Å². The molecule has 4 fully saturated rings. The normalized spacial score (nSPS) is 52.9. The van der Waals surface area contributed by atoms with E-state index in [0.717, 1.165) is 0 Å². The van der Waals surface area contributed by atoms with Gasteiger partial charge in [-0.1, -0.05) is 0 Å². The Balaban J connectivity index is 1.48. The molecule has 21 nitrogen and oxygen atoms in total. The monoisotopic (exact) mass is 666 g/mol. The second kappa shape index (κ2) is 15.6. The molecule has 264 valence electrons. The highest BCUT2D eigenvalue weighted by Crippen LogP contribution is 2.34. The summed E-state index contributed by atoms with van der Waals surface area (Å²) in [6.45, 7) is -3.41. The van der Waals surface area contributed by atoms with Crippen molar-refractivity contribution in [2.45, 2.75) is 123 Å². The van der Waals surface area contributed by atoms with E-state index in [1.165, 1.54) is 0 Å². The van der Waals surface area contributed by atoms with E-state index in [2.05, 4.69) is 0 Å². The highest BCUT2D eigenvalue weighted by atomic mass is 16.8. The first-order valence-electron chi connectivity index (χ1n) is 14.1. The van der Waals surface area contributed by atoms with Crippen molar-refractivity contribution in [3.63, 3.8) is 0 Å². The fourth-order valence-electron chi connectivity index (χ4n) is 5.54. The molecule has 0 aromatic rings. The van der Waals surface area contributed by atoms with Gasteiger partial charge in [0.15, 0.2) is 25.2 Å². The molecule has 4 heterocycles. The summed E-state index contributed by atoms with van der Waals surface area (Å²) in [5.74, 6) is 0. The summed E-state index contributed by atoms with van der Waals surface area (Å²) in [5, 5.41) is 143. The molecule has 45 heavy (non-hydrogen) atoms. The Morgan fingerprint density at radius 2 is 0.711 bits per heavy atom. The summed E-state index contributed by atoms with van der Waals surface area (Å²) in [5.41, 5.74) is 0. The van der Waals surface area contributed by atoms with Crippen molar-refractivity contribution < 1.29 is 105 Å². The Kier molecular flexibility index (Phi) is 12.8. The summed E-state index contributed by atoms with van der Waals surface area (Å²) in [4.78, 5) is 0. The fraction of sp³-hybridized carbons (Fsp3) is 1.00. The first-order valence-corrected chi connectivity index (χ1v) is 14.1. The Hall–Kier alpha value is -0.840. The molecule has 4 saturated heterocycles. The highest BCUT2D eigenvalue weighted by Gasteiger charge is 2.55. The smallest absolute Gasteiger partial charge is 0.187 e. The number of hydrogen-bond donors (Lipinski definition) is 14. The van der Waals surface area contributed by atoms with Crippen LogP contribution in [0.3, 0.4) is 0 Å². The number of hydrogen-bond acceptors (Lipinski definition) is 21. The molecule has 14 N–H and O–H groups in total. The van der Waals surface area contributed by atoms with E-state index < -0.39 is 149 Å².